The van der Waals surface area contributed by atoms with E-state index in [1.165, 1.54) is 103 Å². The molecule has 10 unspecified atom stereocenters. The van der Waals surface area contributed by atoms with E-state index in [4.69, 9.17) is 5.32 Å². The Hall–Kier alpha value is 0.790. The maximum absolute atomic E-state index is 6.13. The summed E-state index contributed by atoms with van der Waals surface area (Å²) in [5, 5.41) is 10.6. The van der Waals surface area contributed by atoms with Gasteiger partial charge in [0.1, 0.15) is 0 Å². The Morgan fingerprint density at radius 1 is 0.700 bits per heavy atom. The molecule has 5 fully saturated rings. The Balaban J connectivity index is 0.00000144. The molecule has 232 valence electrons. The van der Waals surface area contributed by atoms with Crippen LogP contribution in [0.1, 0.15) is 144 Å². The number of hydrogen-bond donors (Lipinski definition) is 1. The molecule has 5 rings (SSSR count). The summed E-state index contributed by atoms with van der Waals surface area (Å²) in [6, 6.07) is 2.45. The standard InChI is InChI=1S/C35H62N2.C2H5.Hf/c1-23(2)27-18-11-19-28(24(3)4)34(27)37-35(29-16-8-6-13-25(29)5)33-22-12-21-32(36-33)31-20-10-15-26-14-7-9-17-30(26)31;1-2;/h20,23-36H,6-19,21-22H2,1-5H3;1H2,2H3;/q-2;-1;. The molecule has 0 aromatic heterocycles. The summed E-state index contributed by atoms with van der Waals surface area (Å²) in [5.41, 5.74) is 0. The fourth-order valence-corrected chi connectivity index (χ4v) is 10.3. The van der Waals surface area contributed by atoms with Crippen LogP contribution in [0, 0.1) is 66.6 Å². The second kappa shape index (κ2) is 17.3. The van der Waals surface area contributed by atoms with E-state index in [-0.39, 0.29) is 25.8 Å². The molecule has 1 N–H and O–H groups in total. The zero-order valence-electron chi connectivity index (χ0n) is 27.6. The van der Waals surface area contributed by atoms with Crippen molar-refractivity contribution in [2.75, 3.05) is 0 Å². The van der Waals surface area contributed by atoms with E-state index in [9.17, 15) is 0 Å². The van der Waals surface area contributed by atoms with Crippen molar-refractivity contribution < 1.29 is 25.8 Å². The Bertz CT molecular complexity index is 676. The van der Waals surface area contributed by atoms with Gasteiger partial charge in [-0.1, -0.05) is 142 Å². The zero-order chi connectivity index (χ0) is 27.9. The number of hydrogen-bond acceptors (Lipinski definition) is 1. The van der Waals surface area contributed by atoms with E-state index in [1.807, 2.05) is 0 Å². The van der Waals surface area contributed by atoms with Crippen LogP contribution < -0.4 is 5.32 Å². The van der Waals surface area contributed by atoms with E-state index in [2.05, 4.69) is 53.3 Å². The van der Waals surface area contributed by atoms with E-state index in [0.717, 1.165) is 59.3 Å². The van der Waals surface area contributed by atoms with Gasteiger partial charge >= 0.3 is 0 Å². The van der Waals surface area contributed by atoms with Crippen molar-refractivity contribution in [1.82, 2.24) is 5.32 Å². The van der Waals surface area contributed by atoms with Gasteiger partial charge < -0.3 is 24.0 Å². The van der Waals surface area contributed by atoms with Gasteiger partial charge in [0.2, 0.25) is 0 Å². The largest absolute Gasteiger partial charge is 0.655 e. The molecule has 0 radical (unpaired) electrons. The van der Waals surface area contributed by atoms with Gasteiger partial charge in [-0.3, -0.25) is 0 Å². The van der Waals surface area contributed by atoms with Crippen LogP contribution in [0.3, 0.4) is 0 Å². The van der Waals surface area contributed by atoms with E-state index in [0.29, 0.717) is 18.1 Å². The van der Waals surface area contributed by atoms with Crippen molar-refractivity contribution in [3.63, 3.8) is 0 Å². The van der Waals surface area contributed by atoms with Crippen LogP contribution >= 0.6 is 0 Å². The van der Waals surface area contributed by atoms with Gasteiger partial charge in [-0.2, -0.15) is 13.3 Å². The predicted octanol–water partition coefficient (Wildman–Crippen LogP) is 10.4. The first-order valence-corrected chi connectivity index (χ1v) is 17.9. The maximum atomic E-state index is 6.13. The van der Waals surface area contributed by atoms with Crippen LogP contribution in [-0.2, 0) is 25.8 Å². The first kappa shape index (κ1) is 35.3. The average molecular weight is 718 g/mol. The number of nitrogens with zero attached hydrogens (tertiary/aromatic N) is 1. The predicted molar refractivity (Wildman–Crippen MR) is 171 cm³/mol. The summed E-state index contributed by atoms with van der Waals surface area (Å²) in [5.74, 6) is 7.54. The zero-order valence-corrected chi connectivity index (χ0v) is 31.1. The smallest absolute Gasteiger partial charge is 0 e. The minimum absolute atomic E-state index is 0. The summed E-state index contributed by atoms with van der Waals surface area (Å²) in [4.78, 5) is 0. The molecule has 2 nitrogen and oxygen atoms in total. The Morgan fingerprint density at radius 2 is 1.30 bits per heavy atom. The molecule has 1 aliphatic heterocycles. The number of piperidine rings is 1. The van der Waals surface area contributed by atoms with Gasteiger partial charge in [-0.15, -0.1) is 18.0 Å². The van der Waals surface area contributed by atoms with Gasteiger partial charge in [0.15, 0.2) is 0 Å². The summed E-state index contributed by atoms with van der Waals surface area (Å²) in [6.45, 7) is 17.5. The minimum atomic E-state index is 0. The molecule has 0 aromatic rings. The van der Waals surface area contributed by atoms with E-state index >= 15 is 0 Å². The SMILES string of the molecule is CC(C)C1CCCC(C(C)C)C1[N-]C(C1CCCC(C2[CH-]CCC3CCCCC32)N1)C1CCCCC1C.[CH2-]C.[Hf]. The summed E-state index contributed by atoms with van der Waals surface area (Å²) in [7, 11) is 0. The summed E-state index contributed by atoms with van der Waals surface area (Å²) < 4.78 is 0. The van der Waals surface area contributed by atoms with Gasteiger partial charge in [-0.05, 0) is 48.6 Å². The number of fused-ring (bicyclic) bond motifs is 1. The molecular formula is C37H67HfN2-3. The molecule has 0 bridgehead atoms. The second-order valence-corrected chi connectivity index (χ2v) is 15.2. The van der Waals surface area contributed by atoms with Gasteiger partial charge in [0.25, 0.3) is 0 Å². The van der Waals surface area contributed by atoms with E-state index < -0.39 is 0 Å². The fraction of sp³-hybridized carbons (Fsp3) is 0.946. The van der Waals surface area contributed by atoms with Crippen molar-refractivity contribution in [1.29, 1.82) is 0 Å². The molecule has 40 heavy (non-hydrogen) atoms. The van der Waals surface area contributed by atoms with Gasteiger partial charge in [0, 0.05) is 25.8 Å². The van der Waals surface area contributed by atoms with Gasteiger partial charge in [-0.25, -0.2) is 0 Å². The topological polar surface area (TPSA) is 26.1 Å². The molecule has 0 amide bonds. The van der Waals surface area contributed by atoms with Crippen molar-refractivity contribution in [3.05, 3.63) is 18.7 Å². The van der Waals surface area contributed by atoms with Crippen molar-refractivity contribution in [2.45, 2.75) is 168 Å². The van der Waals surface area contributed by atoms with Crippen molar-refractivity contribution >= 4 is 0 Å². The van der Waals surface area contributed by atoms with E-state index in [1.54, 1.807) is 6.92 Å². The van der Waals surface area contributed by atoms with Crippen LogP contribution in [0.5, 0.6) is 0 Å². The molecule has 3 heteroatoms. The molecule has 4 saturated carbocycles. The Kier molecular flexibility index (Phi) is 15.3. The summed E-state index contributed by atoms with van der Waals surface area (Å²) in [6.07, 6.45) is 25.8. The first-order chi connectivity index (χ1) is 18.9. The molecule has 1 saturated heterocycles. The molecule has 10 atom stereocenters. The number of rotatable bonds is 7. The Labute approximate surface area is 270 Å². The van der Waals surface area contributed by atoms with Crippen LogP contribution in [-0.4, -0.2) is 24.2 Å². The third-order valence-electron chi connectivity index (χ3n) is 12.4. The third-order valence-corrected chi connectivity index (χ3v) is 12.4. The van der Waals surface area contributed by atoms with Gasteiger partial charge in [0.05, 0.1) is 0 Å². The van der Waals surface area contributed by atoms with Crippen LogP contribution in [0.4, 0.5) is 0 Å². The molecule has 1 heterocycles. The third kappa shape index (κ3) is 8.49. The summed E-state index contributed by atoms with van der Waals surface area (Å²) >= 11 is 0. The van der Waals surface area contributed by atoms with Crippen molar-refractivity contribution in [3.8, 4) is 0 Å². The Morgan fingerprint density at radius 3 is 1.98 bits per heavy atom. The van der Waals surface area contributed by atoms with Crippen LogP contribution in [0.15, 0.2) is 0 Å². The minimum Gasteiger partial charge on any atom is -0.655 e. The molecule has 5 aliphatic rings. The molecule has 0 aromatic carbocycles. The average Bonchev–Trinajstić information content (AvgIpc) is 2.97. The molecule has 0 spiro atoms. The normalized spacial score (nSPS) is 41.3. The van der Waals surface area contributed by atoms with Crippen LogP contribution in [0.25, 0.3) is 5.32 Å². The van der Waals surface area contributed by atoms with Crippen molar-refractivity contribution in [2.24, 2.45) is 53.3 Å². The van der Waals surface area contributed by atoms with Crippen LogP contribution in [0.2, 0.25) is 0 Å². The quantitative estimate of drug-likeness (QED) is 0.206. The fourth-order valence-electron chi connectivity index (χ4n) is 10.3. The molecule has 4 aliphatic carbocycles. The second-order valence-electron chi connectivity index (χ2n) is 15.2. The monoisotopic (exact) mass is 719 g/mol. The molecular weight excluding hydrogens is 651 g/mol. The maximum Gasteiger partial charge on any atom is 0 e. The number of nitrogens with one attached hydrogen (secondary N) is 1. The first-order valence-electron chi connectivity index (χ1n) is 17.9.